The molecule has 4 heteroatoms. The molecule has 4 nitrogen and oxygen atoms in total. The van der Waals surface area contributed by atoms with Crippen molar-refractivity contribution in [2.45, 2.75) is 0 Å². The summed E-state index contributed by atoms with van der Waals surface area (Å²) in [7, 11) is 0. The van der Waals surface area contributed by atoms with Crippen LogP contribution in [0.25, 0.3) is 0 Å². The Morgan fingerprint density at radius 2 is 2.23 bits per heavy atom. The fraction of sp³-hybridized carbons (Fsp3) is 0.222. The number of amidine groups is 1. The summed E-state index contributed by atoms with van der Waals surface area (Å²) >= 11 is 0. The van der Waals surface area contributed by atoms with Gasteiger partial charge in [-0.25, -0.2) is 4.99 Å². The normalized spacial score (nSPS) is 14.9. The van der Waals surface area contributed by atoms with Crippen LogP contribution in [-0.2, 0) is 4.74 Å². The first kappa shape index (κ1) is 7.91. The number of nitrogens with one attached hydrogen (secondary N) is 1. The van der Waals surface area contributed by atoms with E-state index >= 15 is 0 Å². The Morgan fingerprint density at radius 3 is 2.92 bits per heavy atom. The van der Waals surface area contributed by atoms with Gasteiger partial charge in [-0.05, 0) is 12.1 Å². The van der Waals surface area contributed by atoms with E-state index in [1.54, 1.807) is 18.2 Å². The molecule has 0 unspecified atom stereocenters. The number of aromatic hydroxyl groups is 1. The van der Waals surface area contributed by atoms with Crippen molar-refractivity contribution in [1.29, 1.82) is 0 Å². The third-order valence-electron chi connectivity index (χ3n) is 1.73. The van der Waals surface area contributed by atoms with Crippen molar-refractivity contribution < 1.29 is 9.84 Å². The lowest BCUT2D eigenvalue weighted by Crippen LogP contribution is -2.11. The molecular formula is C9H10N2O2. The quantitative estimate of drug-likeness (QED) is 0.635. The van der Waals surface area contributed by atoms with Gasteiger partial charge in [-0.2, -0.15) is 0 Å². The molecule has 1 aliphatic heterocycles. The second-order valence-corrected chi connectivity index (χ2v) is 2.68. The lowest BCUT2D eigenvalue weighted by molar-refractivity contribution is 0.346. The number of benzene rings is 1. The zero-order valence-electron chi connectivity index (χ0n) is 7.03. The van der Waals surface area contributed by atoms with Gasteiger partial charge in [0, 0.05) is 0 Å². The molecule has 0 aliphatic carbocycles. The summed E-state index contributed by atoms with van der Waals surface area (Å²) in [5.41, 5.74) is 0.614. The number of phenols is 1. The fourth-order valence-corrected chi connectivity index (χ4v) is 1.11. The molecule has 0 fully saturated rings. The molecule has 68 valence electrons. The van der Waals surface area contributed by atoms with Crippen LogP contribution in [0.2, 0.25) is 0 Å². The number of nitrogens with zero attached hydrogens (tertiary/aromatic N) is 1. The largest absolute Gasteiger partial charge is 0.506 e. The van der Waals surface area contributed by atoms with E-state index in [1.807, 2.05) is 6.07 Å². The molecule has 0 saturated carbocycles. The SMILES string of the molecule is Oc1ccccc1NC1=NCCO1. The van der Waals surface area contributed by atoms with Gasteiger partial charge >= 0.3 is 0 Å². The maximum atomic E-state index is 9.40. The van der Waals surface area contributed by atoms with Gasteiger partial charge in [0.1, 0.15) is 12.4 Å². The van der Waals surface area contributed by atoms with Crippen LogP contribution in [0, 0.1) is 0 Å². The molecule has 0 spiro atoms. The second-order valence-electron chi connectivity index (χ2n) is 2.68. The smallest absolute Gasteiger partial charge is 0.289 e. The predicted octanol–water partition coefficient (Wildman–Crippen LogP) is 1.19. The average Bonchev–Trinajstić information content (AvgIpc) is 2.61. The number of ether oxygens (including phenoxy) is 1. The fourth-order valence-electron chi connectivity index (χ4n) is 1.11. The highest BCUT2D eigenvalue weighted by Gasteiger charge is 2.08. The van der Waals surface area contributed by atoms with Gasteiger partial charge in [0.25, 0.3) is 6.02 Å². The Morgan fingerprint density at radius 1 is 1.38 bits per heavy atom. The Kier molecular flexibility index (Phi) is 2.04. The van der Waals surface area contributed by atoms with E-state index in [0.717, 1.165) is 0 Å². The van der Waals surface area contributed by atoms with Gasteiger partial charge in [0.2, 0.25) is 0 Å². The van der Waals surface area contributed by atoms with Gasteiger partial charge in [-0.1, -0.05) is 12.1 Å². The van der Waals surface area contributed by atoms with Crippen LogP contribution in [0.4, 0.5) is 5.69 Å². The van der Waals surface area contributed by atoms with Gasteiger partial charge in [-0.15, -0.1) is 0 Å². The average molecular weight is 178 g/mol. The molecule has 1 aliphatic rings. The van der Waals surface area contributed by atoms with Gasteiger partial charge in [0.05, 0.1) is 12.2 Å². The summed E-state index contributed by atoms with van der Waals surface area (Å²) < 4.78 is 5.14. The van der Waals surface area contributed by atoms with Crippen LogP contribution < -0.4 is 5.32 Å². The monoisotopic (exact) mass is 178 g/mol. The summed E-state index contributed by atoms with van der Waals surface area (Å²) in [6.45, 7) is 1.28. The topological polar surface area (TPSA) is 53.8 Å². The predicted molar refractivity (Wildman–Crippen MR) is 50.0 cm³/mol. The van der Waals surface area contributed by atoms with Crippen molar-refractivity contribution in [1.82, 2.24) is 0 Å². The zero-order chi connectivity index (χ0) is 9.10. The van der Waals surface area contributed by atoms with Gasteiger partial charge < -0.3 is 15.2 Å². The summed E-state index contributed by atoms with van der Waals surface area (Å²) in [6.07, 6.45) is 0. The third-order valence-corrected chi connectivity index (χ3v) is 1.73. The standard InChI is InChI=1S/C9H10N2O2/c12-8-4-2-1-3-7(8)11-9-10-5-6-13-9/h1-4,12H,5-6H2,(H,10,11). The minimum Gasteiger partial charge on any atom is -0.506 e. The van der Waals surface area contributed by atoms with Crippen molar-refractivity contribution in [3.05, 3.63) is 24.3 Å². The van der Waals surface area contributed by atoms with Crippen LogP contribution in [0.5, 0.6) is 5.75 Å². The lowest BCUT2D eigenvalue weighted by Gasteiger charge is -2.06. The van der Waals surface area contributed by atoms with E-state index < -0.39 is 0 Å². The highest BCUT2D eigenvalue weighted by atomic mass is 16.5. The maximum absolute atomic E-state index is 9.40. The molecule has 0 radical (unpaired) electrons. The number of rotatable bonds is 1. The van der Waals surface area contributed by atoms with E-state index in [-0.39, 0.29) is 5.75 Å². The van der Waals surface area contributed by atoms with Crippen molar-refractivity contribution in [2.24, 2.45) is 4.99 Å². The molecule has 0 amide bonds. The molecule has 0 atom stereocenters. The van der Waals surface area contributed by atoms with Gasteiger partial charge in [0.15, 0.2) is 0 Å². The Labute approximate surface area is 75.9 Å². The van der Waals surface area contributed by atoms with Crippen molar-refractivity contribution in [2.75, 3.05) is 18.5 Å². The van der Waals surface area contributed by atoms with Crippen LogP contribution in [0.1, 0.15) is 0 Å². The highest BCUT2D eigenvalue weighted by molar-refractivity contribution is 5.91. The molecule has 2 N–H and O–H groups in total. The Balaban J connectivity index is 2.13. The summed E-state index contributed by atoms with van der Waals surface area (Å²) in [5, 5.41) is 12.3. The molecule has 2 rings (SSSR count). The first-order valence-corrected chi connectivity index (χ1v) is 4.08. The third kappa shape index (κ3) is 1.72. The lowest BCUT2D eigenvalue weighted by atomic mass is 10.3. The van der Waals surface area contributed by atoms with Crippen LogP contribution in [0.15, 0.2) is 29.3 Å². The van der Waals surface area contributed by atoms with Crippen LogP contribution in [-0.4, -0.2) is 24.3 Å². The molecule has 13 heavy (non-hydrogen) atoms. The molecule has 0 saturated heterocycles. The first-order chi connectivity index (χ1) is 6.36. The number of anilines is 1. The van der Waals surface area contributed by atoms with E-state index in [0.29, 0.717) is 24.9 Å². The Hall–Kier alpha value is -1.71. The molecule has 0 aromatic heterocycles. The van der Waals surface area contributed by atoms with Gasteiger partial charge in [-0.3, -0.25) is 0 Å². The van der Waals surface area contributed by atoms with E-state index in [1.165, 1.54) is 0 Å². The number of para-hydroxylation sites is 2. The van der Waals surface area contributed by atoms with Crippen molar-refractivity contribution in [3.63, 3.8) is 0 Å². The molecule has 1 aromatic rings. The Bertz CT molecular complexity index is 336. The molecule has 1 heterocycles. The van der Waals surface area contributed by atoms with Crippen LogP contribution >= 0.6 is 0 Å². The minimum atomic E-state index is 0.195. The number of phenolic OH excluding ortho intramolecular Hbond substituents is 1. The molecular weight excluding hydrogens is 168 g/mol. The summed E-state index contributed by atoms with van der Waals surface area (Å²) in [6, 6.07) is 7.44. The maximum Gasteiger partial charge on any atom is 0.289 e. The summed E-state index contributed by atoms with van der Waals surface area (Å²) in [5.74, 6) is 0.195. The number of hydrogen-bond donors (Lipinski definition) is 2. The van der Waals surface area contributed by atoms with Crippen molar-refractivity contribution >= 4 is 11.7 Å². The minimum absolute atomic E-state index is 0.195. The highest BCUT2D eigenvalue weighted by Crippen LogP contribution is 2.21. The van der Waals surface area contributed by atoms with E-state index in [2.05, 4.69) is 10.3 Å². The van der Waals surface area contributed by atoms with E-state index in [9.17, 15) is 5.11 Å². The molecule has 0 bridgehead atoms. The van der Waals surface area contributed by atoms with E-state index in [4.69, 9.17) is 4.74 Å². The first-order valence-electron chi connectivity index (χ1n) is 4.08. The summed E-state index contributed by atoms with van der Waals surface area (Å²) in [4.78, 5) is 4.04. The number of aliphatic imine (C=N–C) groups is 1. The zero-order valence-corrected chi connectivity index (χ0v) is 7.03. The second kappa shape index (κ2) is 3.35. The van der Waals surface area contributed by atoms with Crippen molar-refractivity contribution in [3.8, 4) is 5.75 Å². The number of hydrogen-bond acceptors (Lipinski definition) is 4. The van der Waals surface area contributed by atoms with Crippen LogP contribution in [0.3, 0.4) is 0 Å². The molecule has 1 aromatic carbocycles.